The Kier molecular flexibility index (Phi) is 6.07. The molecule has 6 rings (SSSR count). The van der Waals surface area contributed by atoms with Gasteiger partial charge in [-0.25, -0.2) is 5.01 Å². The highest BCUT2D eigenvalue weighted by Crippen LogP contribution is 2.40. The second-order valence-electron chi connectivity index (χ2n) is 10.2. The molecule has 1 aromatic rings. The number of nitrogens with zero attached hydrogens (tertiary/aromatic N) is 5. The molecule has 5 aliphatic rings. The molecular weight excluding hydrogens is 482 g/mol. The third-order valence-electron chi connectivity index (χ3n) is 7.45. The fourth-order valence-corrected chi connectivity index (χ4v) is 5.66. The predicted octanol–water partition coefficient (Wildman–Crippen LogP) is 3.05. The third kappa shape index (κ3) is 4.42. The Hall–Kier alpha value is -3.14. The van der Waals surface area contributed by atoms with Gasteiger partial charge in [-0.2, -0.15) is 14.8 Å². The molecule has 1 saturated carbocycles. The maximum atomic E-state index is 13.5. The molecule has 4 atom stereocenters. The van der Waals surface area contributed by atoms with Gasteiger partial charge in [-0.15, -0.1) is 16.7 Å². The monoisotopic (exact) mass is 511 g/mol. The van der Waals surface area contributed by atoms with Crippen molar-refractivity contribution in [3.05, 3.63) is 41.5 Å². The molecular formula is C25H30ClN7O3. The van der Waals surface area contributed by atoms with Gasteiger partial charge >= 0.3 is 0 Å². The van der Waals surface area contributed by atoms with Gasteiger partial charge in [0.2, 0.25) is 5.95 Å². The lowest BCUT2D eigenvalue weighted by Crippen LogP contribution is -2.39. The molecule has 3 aliphatic carbocycles. The number of amides is 1. The predicted molar refractivity (Wildman–Crippen MR) is 134 cm³/mol. The first kappa shape index (κ1) is 23.3. The summed E-state index contributed by atoms with van der Waals surface area (Å²) in [6, 6.07) is -0.320. The Morgan fingerprint density at radius 1 is 1.19 bits per heavy atom. The van der Waals surface area contributed by atoms with E-state index >= 15 is 0 Å². The molecule has 4 unspecified atom stereocenters. The number of hydrogen-bond donors (Lipinski definition) is 2. The molecule has 0 bridgehead atoms. The zero-order valence-corrected chi connectivity index (χ0v) is 20.7. The molecule has 190 valence electrons. The van der Waals surface area contributed by atoms with Gasteiger partial charge in [0.05, 0.1) is 29.5 Å². The topological polar surface area (TPSA) is 128 Å². The first-order valence-corrected chi connectivity index (χ1v) is 13.2. The van der Waals surface area contributed by atoms with E-state index < -0.39 is 5.38 Å². The minimum absolute atomic E-state index is 0.0149. The van der Waals surface area contributed by atoms with Crippen molar-refractivity contribution in [1.82, 2.24) is 19.8 Å². The molecule has 3 heterocycles. The summed E-state index contributed by atoms with van der Waals surface area (Å²) in [5, 5.41) is 13.1. The summed E-state index contributed by atoms with van der Waals surface area (Å²) in [6.07, 6.45) is 14.3. The zero-order valence-electron chi connectivity index (χ0n) is 20.0. The van der Waals surface area contributed by atoms with Crippen LogP contribution in [0, 0.1) is 5.92 Å². The highest BCUT2D eigenvalue weighted by Gasteiger charge is 2.44. The Morgan fingerprint density at radius 2 is 2.06 bits per heavy atom. The number of hydrazone groups is 1. The fraction of sp³-hybridized carbons (Fsp3) is 0.560. The maximum absolute atomic E-state index is 13.5. The average Bonchev–Trinajstić information content (AvgIpc) is 3.51. The van der Waals surface area contributed by atoms with E-state index in [1.165, 1.54) is 9.69 Å². The molecule has 1 amide bonds. The highest BCUT2D eigenvalue weighted by molar-refractivity contribution is 6.26. The largest absolute Gasteiger partial charge is 0.491 e. The van der Waals surface area contributed by atoms with E-state index in [0.29, 0.717) is 47.7 Å². The van der Waals surface area contributed by atoms with Gasteiger partial charge in [0.25, 0.3) is 11.8 Å². The summed E-state index contributed by atoms with van der Waals surface area (Å²) in [4.78, 5) is 30.9. The van der Waals surface area contributed by atoms with E-state index in [9.17, 15) is 9.59 Å². The van der Waals surface area contributed by atoms with Crippen molar-refractivity contribution in [1.29, 1.82) is 0 Å². The van der Waals surface area contributed by atoms with E-state index in [2.05, 4.69) is 32.7 Å². The number of fused-ring (bicyclic) bond motifs is 1. The van der Waals surface area contributed by atoms with Crippen LogP contribution in [0.15, 0.2) is 40.7 Å². The summed E-state index contributed by atoms with van der Waals surface area (Å²) >= 11 is 6.61. The van der Waals surface area contributed by atoms with Gasteiger partial charge in [-0.3, -0.25) is 9.59 Å². The number of nitrogens with one attached hydrogen (secondary N) is 1. The number of nitrogens with two attached hydrogens (primary N) is 1. The van der Waals surface area contributed by atoms with Crippen molar-refractivity contribution < 1.29 is 14.3 Å². The summed E-state index contributed by atoms with van der Waals surface area (Å²) in [7, 11) is 0. The van der Waals surface area contributed by atoms with Crippen molar-refractivity contribution in [2.24, 2.45) is 16.8 Å². The van der Waals surface area contributed by atoms with Crippen molar-refractivity contribution in [3.63, 3.8) is 0 Å². The normalized spacial score (nSPS) is 29.8. The summed E-state index contributed by atoms with van der Waals surface area (Å²) in [6.45, 7) is 0.178. The van der Waals surface area contributed by atoms with Crippen LogP contribution in [0.3, 0.4) is 0 Å². The van der Waals surface area contributed by atoms with E-state index in [-0.39, 0.29) is 42.8 Å². The molecule has 0 aromatic carbocycles. The highest BCUT2D eigenvalue weighted by atomic mass is 35.5. The van der Waals surface area contributed by atoms with Crippen molar-refractivity contribution in [3.8, 4) is 0 Å². The molecule has 0 radical (unpaired) electrons. The van der Waals surface area contributed by atoms with Gasteiger partial charge < -0.3 is 15.8 Å². The Morgan fingerprint density at radius 3 is 2.83 bits per heavy atom. The third-order valence-corrected chi connectivity index (χ3v) is 7.85. The molecule has 11 heteroatoms. The van der Waals surface area contributed by atoms with E-state index in [1.807, 2.05) is 6.08 Å². The molecule has 2 aliphatic heterocycles. The first-order valence-electron chi connectivity index (χ1n) is 12.7. The minimum Gasteiger partial charge on any atom is -0.491 e. The average molecular weight is 512 g/mol. The first-order chi connectivity index (χ1) is 17.5. The summed E-state index contributed by atoms with van der Waals surface area (Å²) < 4.78 is 7.47. The zero-order chi connectivity index (χ0) is 24.8. The van der Waals surface area contributed by atoms with Crippen LogP contribution in [0.25, 0.3) is 0 Å². The maximum Gasteiger partial charge on any atom is 0.275 e. The molecule has 1 fully saturated rings. The fourth-order valence-electron chi connectivity index (χ4n) is 5.36. The van der Waals surface area contributed by atoms with E-state index in [1.54, 1.807) is 6.08 Å². The number of aromatic nitrogens is 3. The smallest absolute Gasteiger partial charge is 0.275 e. The lowest BCUT2D eigenvalue weighted by Gasteiger charge is -2.28. The van der Waals surface area contributed by atoms with Gasteiger partial charge in [0, 0.05) is 12.3 Å². The van der Waals surface area contributed by atoms with Crippen LogP contribution in [-0.2, 0) is 9.53 Å². The number of alkyl halides is 1. The molecule has 3 N–H and O–H groups in total. The number of rotatable bonds is 6. The molecule has 0 spiro atoms. The number of amidine groups is 1. The van der Waals surface area contributed by atoms with E-state index in [0.717, 1.165) is 32.1 Å². The van der Waals surface area contributed by atoms with Gasteiger partial charge in [-0.1, -0.05) is 18.2 Å². The number of carbonyl (C=O) groups excluding carboxylic acids is 2. The minimum atomic E-state index is -0.523. The second kappa shape index (κ2) is 9.38. The number of anilines is 1. The van der Waals surface area contributed by atoms with E-state index in [4.69, 9.17) is 22.1 Å². The van der Waals surface area contributed by atoms with Crippen LogP contribution < -0.4 is 11.1 Å². The lowest BCUT2D eigenvalue weighted by atomic mass is 9.94. The van der Waals surface area contributed by atoms with Crippen LogP contribution >= 0.6 is 11.6 Å². The van der Waals surface area contributed by atoms with Crippen molar-refractivity contribution in [2.45, 2.75) is 74.7 Å². The quantitative estimate of drug-likeness (QED) is 0.443. The van der Waals surface area contributed by atoms with Crippen LogP contribution in [0.5, 0.6) is 0 Å². The van der Waals surface area contributed by atoms with Gasteiger partial charge in [-0.05, 0) is 50.5 Å². The van der Waals surface area contributed by atoms with Crippen LogP contribution in [-0.4, -0.2) is 61.5 Å². The van der Waals surface area contributed by atoms with Gasteiger partial charge in [0.1, 0.15) is 18.2 Å². The Labute approximate surface area is 214 Å². The lowest BCUT2D eigenvalue weighted by molar-refractivity contribution is -0.129. The Bertz CT molecular complexity index is 1200. The molecule has 36 heavy (non-hydrogen) atoms. The summed E-state index contributed by atoms with van der Waals surface area (Å²) in [5.41, 5.74) is 6.37. The molecule has 10 nitrogen and oxygen atoms in total. The SMILES string of the molecule is NC1=NN(C(=O)C2=C(OCC3CC(=O)n4nc(C5CC=CCC5)nc4N3)C=CCC2Cl)C(C2CC2)C1. The van der Waals surface area contributed by atoms with Crippen molar-refractivity contribution >= 4 is 35.2 Å². The number of hydrogen-bond acceptors (Lipinski definition) is 8. The van der Waals surface area contributed by atoms with Crippen LogP contribution in [0.1, 0.15) is 67.9 Å². The number of carbonyl (C=O) groups is 2. The number of halogens is 1. The van der Waals surface area contributed by atoms with Gasteiger partial charge in [0.15, 0.2) is 5.82 Å². The molecule has 0 saturated heterocycles. The molecule has 1 aromatic heterocycles. The summed E-state index contributed by atoms with van der Waals surface area (Å²) in [5.74, 6) is 2.30. The second-order valence-corrected chi connectivity index (χ2v) is 10.7. The number of allylic oxidation sites excluding steroid dienone is 4. The Balaban J connectivity index is 1.17. The number of ether oxygens (including phenoxy) is 1. The standard InChI is InChI=1S/C25H30ClN7O3/c26-17-7-4-8-19(22(17)24(35)32-18(14-9-10-14)12-20(27)30-32)36-13-16-11-21(34)33-25(28-16)29-23(31-33)15-5-2-1-3-6-15/h1-2,4,8,14-18H,3,5-7,9-13H2,(H2,27,30)(H,28,29,31). The van der Waals surface area contributed by atoms with Crippen molar-refractivity contribution in [2.75, 3.05) is 11.9 Å². The van der Waals surface area contributed by atoms with Crippen LogP contribution in [0.4, 0.5) is 5.95 Å². The van der Waals surface area contributed by atoms with Crippen LogP contribution in [0.2, 0.25) is 0 Å².